The van der Waals surface area contributed by atoms with Gasteiger partial charge in [0.1, 0.15) is 0 Å². The van der Waals surface area contributed by atoms with Crippen LogP contribution in [0.2, 0.25) is 0 Å². The smallest absolute Gasteiger partial charge is 0.293 e. The van der Waals surface area contributed by atoms with Crippen molar-refractivity contribution in [3.63, 3.8) is 0 Å². The van der Waals surface area contributed by atoms with Crippen molar-refractivity contribution in [3.05, 3.63) is 47.0 Å². The summed E-state index contributed by atoms with van der Waals surface area (Å²) in [6.07, 6.45) is 9.78. The predicted molar refractivity (Wildman–Crippen MR) is 106 cm³/mol. The first kappa shape index (κ1) is 20.7. The lowest BCUT2D eigenvalue weighted by atomic mass is 9.82. The average Bonchev–Trinajstić information content (AvgIpc) is 2.64. The van der Waals surface area contributed by atoms with Gasteiger partial charge in [0, 0.05) is 5.56 Å². The van der Waals surface area contributed by atoms with E-state index in [9.17, 15) is 4.79 Å². The van der Waals surface area contributed by atoms with Crippen molar-refractivity contribution in [2.45, 2.75) is 83.8 Å². The van der Waals surface area contributed by atoms with E-state index in [0.717, 1.165) is 19.3 Å². The van der Waals surface area contributed by atoms with Crippen molar-refractivity contribution in [1.29, 1.82) is 0 Å². The molecule has 0 spiro atoms. The van der Waals surface area contributed by atoms with Gasteiger partial charge in [0.15, 0.2) is 6.10 Å². The molecule has 3 unspecified atom stereocenters. The number of hydrogen-bond donors (Lipinski definition) is 0. The normalized spacial score (nSPS) is 20.3. The number of hydrogen-bond acceptors (Lipinski definition) is 3. The topological polar surface area (TPSA) is 35.5 Å². The van der Waals surface area contributed by atoms with Crippen LogP contribution < -0.4 is 0 Å². The van der Waals surface area contributed by atoms with Crippen LogP contribution in [0.3, 0.4) is 0 Å². The molecule has 1 aliphatic heterocycles. The first-order chi connectivity index (χ1) is 12.6. The molecule has 3 nitrogen and oxygen atoms in total. The monoisotopic (exact) mass is 358 g/mol. The summed E-state index contributed by atoms with van der Waals surface area (Å²) in [6, 6.07) is 4.48. The quantitative estimate of drug-likeness (QED) is 0.264. The number of rotatable bonds is 11. The summed E-state index contributed by atoms with van der Waals surface area (Å²) >= 11 is 0. The van der Waals surface area contributed by atoms with Gasteiger partial charge in [0.05, 0.1) is 12.7 Å². The molecule has 1 aromatic carbocycles. The van der Waals surface area contributed by atoms with E-state index in [2.05, 4.69) is 39.5 Å². The maximum atomic E-state index is 11.0. The van der Waals surface area contributed by atoms with Gasteiger partial charge in [-0.1, -0.05) is 63.3 Å². The minimum atomic E-state index is -0.295. The van der Waals surface area contributed by atoms with E-state index in [0.29, 0.717) is 19.0 Å². The molecule has 0 N–H and O–H groups in total. The van der Waals surface area contributed by atoms with Gasteiger partial charge in [0.2, 0.25) is 0 Å². The number of carbonyl (C=O) groups is 1. The lowest BCUT2D eigenvalue weighted by molar-refractivity contribution is -0.140. The molecule has 3 atom stereocenters. The fourth-order valence-corrected chi connectivity index (χ4v) is 3.97. The third-order valence-electron chi connectivity index (χ3n) is 5.38. The molecule has 0 aromatic heterocycles. The van der Waals surface area contributed by atoms with Gasteiger partial charge >= 0.3 is 0 Å². The van der Waals surface area contributed by atoms with Gasteiger partial charge in [-0.2, -0.15) is 0 Å². The molecule has 0 amide bonds. The van der Waals surface area contributed by atoms with Gasteiger partial charge < -0.3 is 9.47 Å². The average molecular weight is 359 g/mol. The zero-order valence-corrected chi connectivity index (χ0v) is 16.6. The standard InChI is InChI=1S/C23H34O3/c1-5-7-9-10-12-21-20-14-17(3)13-19(18(4)11-8-6-2)23(20)22(15-25-21)26-16-24/h6,13-14,16,18,21-22H,2,5,7-12,15H2,1,3-4H3. The second-order valence-corrected chi connectivity index (χ2v) is 7.52. The molecule has 3 heteroatoms. The summed E-state index contributed by atoms with van der Waals surface area (Å²) in [6.45, 7) is 11.5. The van der Waals surface area contributed by atoms with Gasteiger partial charge in [-0.15, -0.1) is 6.58 Å². The Hall–Kier alpha value is -1.61. The van der Waals surface area contributed by atoms with Crippen molar-refractivity contribution < 1.29 is 14.3 Å². The van der Waals surface area contributed by atoms with Crippen LogP contribution >= 0.6 is 0 Å². The van der Waals surface area contributed by atoms with E-state index in [1.165, 1.54) is 47.9 Å². The maximum absolute atomic E-state index is 11.0. The van der Waals surface area contributed by atoms with Crippen LogP contribution in [0.15, 0.2) is 24.8 Å². The van der Waals surface area contributed by atoms with E-state index in [1.807, 2.05) is 6.08 Å². The first-order valence-corrected chi connectivity index (χ1v) is 10.1. The molecule has 0 saturated heterocycles. The van der Waals surface area contributed by atoms with Crippen LogP contribution in [0.25, 0.3) is 0 Å². The van der Waals surface area contributed by atoms with Crippen LogP contribution in [0.5, 0.6) is 0 Å². The number of fused-ring (bicyclic) bond motifs is 1. The summed E-state index contributed by atoms with van der Waals surface area (Å²) in [4.78, 5) is 11.0. The molecule has 1 heterocycles. The Bertz CT molecular complexity index is 593. The highest BCUT2D eigenvalue weighted by Crippen LogP contribution is 2.42. The Morgan fingerprint density at radius 3 is 2.85 bits per heavy atom. The molecule has 0 bridgehead atoms. The van der Waals surface area contributed by atoms with Gasteiger partial charge in [-0.25, -0.2) is 0 Å². The van der Waals surface area contributed by atoms with Crippen molar-refractivity contribution in [2.75, 3.05) is 6.61 Å². The number of aryl methyl sites for hydroxylation is 1. The minimum absolute atomic E-state index is 0.110. The molecular formula is C23H34O3. The highest BCUT2D eigenvalue weighted by Gasteiger charge is 2.32. The van der Waals surface area contributed by atoms with Crippen LogP contribution in [-0.4, -0.2) is 13.1 Å². The lowest BCUT2D eigenvalue weighted by Crippen LogP contribution is -2.25. The van der Waals surface area contributed by atoms with E-state index in [1.54, 1.807) is 0 Å². The molecule has 0 fully saturated rings. The molecule has 0 aliphatic carbocycles. The summed E-state index contributed by atoms with van der Waals surface area (Å²) in [5.74, 6) is 0.401. The van der Waals surface area contributed by atoms with Crippen molar-refractivity contribution in [2.24, 2.45) is 0 Å². The largest absolute Gasteiger partial charge is 0.457 e. The van der Waals surface area contributed by atoms with Gasteiger partial charge in [-0.05, 0) is 43.2 Å². The molecule has 0 saturated carbocycles. The number of carbonyl (C=O) groups excluding carboxylic acids is 1. The predicted octanol–water partition coefficient (Wildman–Crippen LogP) is 6.32. The third-order valence-corrected chi connectivity index (χ3v) is 5.38. The van der Waals surface area contributed by atoms with Gasteiger partial charge in [0.25, 0.3) is 6.47 Å². The fourth-order valence-electron chi connectivity index (χ4n) is 3.97. The Balaban J connectivity index is 2.34. The summed E-state index contributed by atoms with van der Waals surface area (Å²) in [7, 11) is 0. The molecule has 1 aliphatic rings. The zero-order chi connectivity index (χ0) is 18.9. The minimum Gasteiger partial charge on any atom is -0.457 e. The highest BCUT2D eigenvalue weighted by molar-refractivity contribution is 5.47. The maximum Gasteiger partial charge on any atom is 0.293 e. The van der Waals surface area contributed by atoms with Gasteiger partial charge in [-0.3, -0.25) is 4.79 Å². The van der Waals surface area contributed by atoms with Crippen LogP contribution in [0.4, 0.5) is 0 Å². The molecule has 0 radical (unpaired) electrons. The van der Waals surface area contributed by atoms with E-state index < -0.39 is 0 Å². The second kappa shape index (κ2) is 10.5. The van der Waals surface area contributed by atoms with E-state index in [-0.39, 0.29) is 12.2 Å². The molecule has 1 aromatic rings. The fraction of sp³-hybridized carbons (Fsp3) is 0.609. The highest BCUT2D eigenvalue weighted by atomic mass is 16.6. The first-order valence-electron chi connectivity index (χ1n) is 10.1. The van der Waals surface area contributed by atoms with Crippen molar-refractivity contribution >= 4 is 6.47 Å². The molecule has 144 valence electrons. The van der Waals surface area contributed by atoms with Crippen LogP contribution in [-0.2, 0) is 14.3 Å². The second-order valence-electron chi connectivity index (χ2n) is 7.52. The lowest BCUT2D eigenvalue weighted by Gasteiger charge is -2.34. The number of benzene rings is 1. The molecule has 26 heavy (non-hydrogen) atoms. The number of unbranched alkanes of at least 4 members (excludes halogenated alkanes) is 3. The summed E-state index contributed by atoms with van der Waals surface area (Å²) in [5, 5.41) is 0. The van der Waals surface area contributed by atoms with Crippen LogP contribution in [0, 0.1) is 6.92 Å². The van der Waals surface area contributed by atoms with E-state index in [4.69, 9.17) is 9.47 Å². The molecular weight excluding hydrogens is 324 g/mol. The SMILES string of the molecule is C=CCCC(C)c1cc(C)cc2c1C(OC=O)COC2CCCCCC. The Morgan fingerprint density at radius 1 is 1.35 bits per heavy atom. The van der Waals surface area contributed by atoms with Crippen LogP contribution in [0.1, 0.15) is 99.2 Å². The molecule has 2 rings (SSSR count). The Labute approximate surface area is 158 Å². The Kier molecular flexibility index (Phi) is 8.37. The third kappa shape index (κ3) is 5.20. The number of allylic oxidation sites excluding steroid dienone is 1. The van der Waals surface area contributed by atoms with E-state index >= 15 is 0 Å². The Morgan fingerprint density at radius 2 is 2.15 bits per heavy atom. The van der Waals surface area contributed by atoms with Crippen molar-refractivity contribution in [3.8, 4) is 0 Å². The summed E-state index contributed by atoms with van der Waals surface area (Å²) in [5.41, 5.74) is 4.96. The van der Waals surface area contributed by atoms with Crippen molar-refractivity contribution in [1.82, 2.24) is 0 Å². The summed E-state index contributed by atoms with van der Waals surface area (Å²) < 4.78 is 11.5. The number of ether oxygens (including phenoxy) is 2. The zero-order valence-electron chi connectivity index (χ0n) is 16.6.